The number of unbranched alkanes of at least 4 members (excludes halogenated alkanes) is 1. The Hall–Kier alpha value is -1.52. The second-order valence-corrected chi connectivity index (χ2v) is 6.77. The third kappa shape index (κ3) is 5.25. The van der Waals surface area contributed by atoms with Gasteiger partial charge in [-0.2, -0.15) is 0 Å². The number of nitrogens with zero attached hydrogens (tertiary/aromatic N) is 2. The summed E-state index contributed by atoms with van der Waals surface area (Å²) in [5, 5.41) is 0. The lowest BCUT2D eigenvalue weighted by atomic mass is 10.2. The molecule has 2 aromatic rings. The van der Waals surface area contributed by atoms with E-state index >= 15 is 0 Å². The molecule has 0 atom stereocenters. The summed E-state index contributed by atoms with van der Waals surface area (Å²) in [6, 6.07) is 10.4. The average Bonchev–Trinajstić information content (AvgIpc) is 2.97. The molecular formula is C18H21Cl2FN2O. The molecule has 0 N–H and O–H groups in total. The zero-order valence-corrected chi connectivity index (χ0v) is 15.1. The van der Waals surface area contributed by atoms with Crippen molar-refractivity contribution in [1.82, 2.24) is 9.47 Å². The molecule has 130 valence electrons. The fourth-order valence-corrected chi connectivity index (χ4v) is 2.80. The zero-order valence-electron chi connectivity index (χ0n) is 13.6. The average molecular weight is 371 g/mol. The molecule has 0 unspecified atom stereocenters. The minimum absolute atomic E-state index is 0.256. The fraction of sp³-hybridized carbons (Fsp3) is 0.389. The standard InChI is InChI=1S/C18H21Cl2FN2O/c1-2-3-9-23(18(24)17(19)20)13-16-8-5-10-22(16)12-14-6-4-7-15(21)11-14/h4-8,10-11,17H,2-3,9,12-13H2,1H3. The van der Waals surface area contributed by atoms with E-state index in [1.807, 2.05) is 29.0 Å². The number of benzene rings is 1. The van der Waals surface area contributed by atoms with Crippen LogP contribution < -0.4 is 0 Å². The number of amides is 1. The number of carbonyl (C=O) groups is 1. The minimum Gasteiger partial charge on any atom is -0.345 e. The van der Waals surface area contributed by atoms with Gasteiger partial charge in [0.15, 0.2) is 4.84 Å². The molecule has 1 heterocycles. The van der Waals surface area contributed by atoms with E-state index in [-0.39, 0.29) is 11.7 Å². The Bertz CT molecular complexity index is 673. The van der Waals surface area contributed by atoms with Gasteiger partial charge in [0.25, 0.3) is 5.91 Å². The minimum atomic E-state index is -1.06. The highest BCUT2D eigenvalue weighted by Gasteiger charge is 2.21. The van der Waals surface area contributed by atoms with Crippen molar-refractivity contribution in [3.05, 3.63) is 59.7 Å². The summed E-state index contributed by atoms with van der Waals surface area (Å²) in [7, 11) is 0. The molecule has 0 aliphatic rings. The van der Waals surface area contributed by atoms with Crippen molar-refractivity contribution in [3.8, 4) is 0 Å². The first-order chi connectivity index (χ1) is 11.5. The van der Waals surface area contributed by atoms with Crippen LogP contribution in [0.25, 0.3) is 0 Å². The Kier molecular flexibility index (Phi) is 7.13. The molecule has 2 rings (SSSR count). The molecule has 1 aromatic carbocycles. The van der Waals surface area contributed by atoms with E-state index in [1.54, 1.807) is 11.0 Å². The van der Waals surface area contributed by atoms with Gasteiger partial charge in [0, 0.05) is 25.0 Å². The molecule has 0 saturated heterocycles. The molecule has 0 bridgehead atoms. The van der Waals surface area contributed by atoms with Gasteiger partial charge in [0.05, 0.1) is 6.54 Å². The van der Waals surface area contributed by atoms with E-state index in [0.29, 0.717) is 19.6 Å². The molecule has 1 amide bonds. The monoisotopic (exact) mass is 370 g/mol. The van der Waals surface area contributed by atoms with Crippen LogP contribution in [0.3, 0.4) is 0 Å². The van der Waals surface area contributed by atoms with E-state index < -0.39 is 4.84 Å². The predicted octanol–water partition coefficient (Wildman–Crippen LogP) is 4.61. The highest BCUT2D eigenvalue weighted by atomic mass is 35.5. The van der Waals surface area contributed by atoms with Crippen molar-refractivity contribution in [2.75, 3.05) is 6.54 Å². The van der Waals surface area contributed by atoms with Crippen LogP contribution in [0.4, 0.5) is 4.39 Å². The third-order valence-electron chi connectivity index (χ3n) is 3.80. The summed E-state index contributed by atoms with van der Waals surface area (Å²) in [6.07, 6.45) is 3.78. The third-order valence-corrected chi connectivity index (χ3v) is 4.17. The summed E-state index contributed by atoms with van der Waals surface area (Å²) in [6.45, 7) is 3.64. The van der Waals surface area contributed by atoms with Crippen LogP contribution in [-0.4, -0.2) is 26.8 Å². The van der Waals surface area contributed by atoms with Gasteiger partial charge in [-0.1, -0.05) is 48.7 Å². The maximum atomic E-state index is 13.3. The van der Waals surface area contributed by atoms with Crippen LogP contribution in [0.1, 0.15) is 31.0 Å². The largest absolute Gasteiger partial charge is 0.345 e. The number of alkyl halides is 2. The van der Waals surface area contributed by atoms with Crippen LogP contribution in [-0.2, 0) is 17.9 Å². The first-order valence-electron chi connectivity index (χ1n) is 7.96. The van der Waals surface area contributed by atoms with Crippen molar-refractivity contribution in [2.24, 2.45) is 0 Å². The van der Waals surface area contributed by atoms with Gasteiger partial charge in [-0.15, -0.1) is 0 Å². The molecule has 6 heteroatoms. The lowest BCUT2D eigenvalue weighted by Crippen LogP contribution is -2.35. The topological polar surface area (TPSA) is 25.2 Å². The van der Waals surface area contributed by atoms with Gasteiger partial charge in [-0.25, -0.2) is 4.39 Å². The van der Waals surface area contributed by atoms with E-state index in [9.17, 15) is 9.18 Å². The van der Waals surface area contributed by atoms with Crippen molar-refractivity contribution in [1.29, 1.82) is 0 Å². The lowest BCUT2D eigenvalue weighted by Gasteiger charge is -2.24. The SMILES string of the molecule is CCCCN(Cc1cccn1Cc1cccc(F)c1)C(=O)C(Cl)Cl. The van der Waals surface area contributed by atoms with Crippen LogP contribution in [0, 0.1) is 5.82 Å². The highest BCUT2D eigenvalue weighted by Crippen LogP contribution is 2.15. The molecule has 0 radical (unpaired) electrons. The van der Waals surface area contributed by atoms with Gasteiger partial charge in [0.2, 0.25) is 0 Å². The van der Waals surface area contributed by atoms with Crippen molar-refractivity contribution in [2.45, 2.75) is 37.7 Å². The molecule has 0 saturated carbocycles. The Labute approximate surface area is 152 Å². The van der Waals surface area contributed by atoms with E-state index in [4.69, 9.17) is 23.2 Å². The first-order valence-corrected chi connectivity index (χ1v) is 8.84. The van der Waals surface area contributed by atoms with Crippen LogP contribution in [0.5, 0.6) is 0 Å². The Morgan fingerprint density at radius 2 is 2.08 bits per heavy atom. The molecular weight excluding hydrogens is 350 g/mol. The molecule has 0 spiro atoms. The van der Waals surface area contributed by atoms with Crippen LogP contribution in [0.2, 0.25) is 0 Å². The van der Waals surface area contributed by atoms with Gasteiger partial charge in [-0.05, 0) is 36.2 Å². The molecule has 0 fully saturated rings. The summed E-state index contributed by atoms with van der Waals surface area (Å²) in [5.74, 6) is -0.543. The van der Waals surface area contributed by atoms with E-state index in [0.717, 1.165) is 24.1 Å². The van der Waals surface area contributed by atoms with E-state index in [2.05, 4.69) is 6.92 Å². The number of hydrogen-bond acceptors (Lipinski definition) is 1. The van der Waals surface area contributed by atoms with Crippen LogP contribution >= 0.6 is 23.2 Å². The maximum Gasteiger partial charge on any atom is 0.256 e. The molecule has 24 heavy (non-hydrogen) atoms. The van der Waals surface area contributed by atoms with Crippen molar-refractivity contribution >= 4 is 29.1 Å². The lowest BCUT2D eigenvalue weighted by molar-refractivity contribution is -0.130. The second-order valence-electron chi connectivity index (χ2n) is 5.67. The Balaban J connectivity index is 2.13. The van der Waals surface area contributed by atoms with E-state index in [1.165, 1.54) is 12.1 Å². The smallest absolute Gasteiger partial charge is 0.256 e. The Morgan fingerprint density at radius 3 is 2.75 bits per heavy atom. The number of rotatable bonds is 8. The quantitative estimate of drug-likeness (QED) is 0.623. The summed E-state index contributed by atoms with van der Waals surface area (Å²) in [5.41, 5.74) is 1.82. The normalized spacial score (nSPS) is 11.0. The second kappa shape index (κ2) is 9.09. The molecule has 0 aliphatic heterocycles. The van der Waals surface area contributed by atoms with Gasteiger partial charge in [0.1, 0.15) is 5.82 Å². The van der Waals surface area contributed by atoms with Gasteiger partial charge < -0.3 is 9.47 Å². The first kappa shape index (κ1) is 18.8. The highest BCUT2D eigenvalue weighted by molar-refractivity contribution is 6.53. The maximum absolute atomic E-state index is 13.3. The predicted molar refractivity (Wildman–Crippen MR) is 95.8 cm³/mol. The number of halogens is 3. The summed E-state index contributed by atoms with van der Waals surface area (Å²) in [4.78, 5) is 12.8. The summed E-state index contributed by atoms with van der Waals surface area (Å²) >= 11 is 11.5. The number of carbonyl (C=O) groups excluding carboxylic acids is 1. The molecule has 0 aliphatic carbocycles. The van der Waals surface area contributed by atoms with Gasteiger partial charge >= 0.3 is 0 Å². The summed E-state index contributed by atoms with van der Waals surface area (Å²) < 4.78 is 15.3. The molecule has 3 nitrogen and oxygen atoms in total. The number of hydrogen-bond donors (Lipinski definition) is 0. The zero-order chi connectivity index (χ0) is 17.5. The van der Waals surface area contributed by atoms with Crippen molar-refractivity contribution < 1.29 is 9.18 Å². The fourth-order valence-electron chi connectivity index (χ4n) is 2.53. The van der Waals surface area contributed by atoms with Gasteiger partial charge in [-0.3, -0.25) is 4.79 Å². The molecule has 1 aromatic heterocycles. The number of aromatic nitrogens is 1. The van der Waals surface area contributed by atoms with Crippen LogP contribution in [0.15, 0.2) is 42.6 Å². The Morgan fingerprint density at radius 1 is 1.29 bits per heavy atom. The van der Waals surface area contributed by atoms with Crippen molar-refractivity contribution in [3.63, 3.8) is 0 Å².